The third-order valence-corrected chi connectivity index (χ3v) is 5.73. The Hall–Kier alpha value is -2.71. The summed E-state index contributed by atoms with van der Waals surface area (Å²) >= 11 is 1.74. The summed E-state index contributed by atoms with van der Waals surface area (Å²) in [6, 6.07) is 25.8. The summed E-state index contributed by atoms with van der Waals surface area (Å²) in [6.45, 7) is 4.38. The topological polar surface area (TPSA) is 12.9 Å². The molecule has 128 valence electrons. The number of thiazole rings is 1. The predicted octanol–water partition coefficient (Wildman–Crippen LogP) is 6.93. The molecular weight excluding hydrogens is 334 g/mol. The second-order valence-electron chi connectivity index (χ2n) is 6.66. The van der Waals surface area contributed by atoms with Crippen LogP contribution in [-0.4, -0.2) is 4.98 Å². The van der Waals surface area contributed by atoms with E-state index in [0.717, 1.165) is 10.5 Å². The van der Waals surface area contributed by atoms with Crippen molar-refractivity contribution in [3.63, 3.8) is 0 Å². The number of benzene rings is 3. The Balaban J connectivity index is 1.61. The molecule has 0 saturated heterocycles. The lowest BCUT2D eigenvalue weighted by molar-refractivity contribution is 0.923. The summed E-state index contributed by atoms with van der Waals surface area (Å²) in [5, 5.41) is 1.05. The molecule has 1 aromatic heterocycles. The van der Waals surface area contributed by atoms with Crippen LogP contribution in [0.25, 0.3) is 22.4 Å². The van der Waals surface area contributed by atoms with Crippen molar-refractivity contribution in [1.29, 1.82) is 0 Å². The van der Waals surface area contributed by atoms with Crippen molar-refractivity contribution in [2.24, 2.45) is 0 Å². The van der Waals surface area contributed by atoms with Gasteiger partial charge in [-0.25, -0.2) is 4.98 Å². The molecule has 0 N–H and O–H groups in total. The van der Waals surface area contributed by atoms with E-state index in [1.165, 1.54) is 27.0 Å². The first kappa shape index (κ1) is 16.7. The summed E-state index contributed by atoms with van der Waals surface area (Å²) in [5.74, 6) is 0.366. The van der Waals surface area contributed by atoms with E-state index in [2.05, 4.69) is 92.7 Å². The highest BCUT2D eigenvalue weighted by Crippen LogP contribution is 2.30. The summed E-state index contributed by atoms with van der Waals surface area (Å²) in [5.41, 5.74) is 6.23. The van der Waals surface area contributed by atoms with Crippen molar-refractivity contribution in [1.82, 2.24) is 4.98 Å². The first-order valence-electron chi connectivity index (χ1n) is 8.89. The molecule has 0 saturated carbocycles. The Labute approximate surface area is 158 Å². The first-order valence-corrected chi connectivity index (χ1v) is 9.71. The van der Waals surface area contributed by atoms with Crippen LogP contribution < -0.4 is 0 Å². The lowest BCUT2D eigenvalue weighted by Gasteiger charge is -2.12. The number of hydrogen-bond acceptors (Lipinski definition) is 2. The molecule has 2 heteroatoms. The zero-order valence-corrected chi connectivity index (χ0v) is 15.8. The fraction of sp³-hybridized carbons (Fsp3) is 0.125. The van der Waals surface area contributed by atoms with Gasteiger partial charge < -0.3 is 0 Å². The van der Waals surface area contributed by atoms with Gasteiger partial charge in [-0.1, -0.05) is 79.2 Å². The fourth-order valence-electron chi connectivity index (χ4n) is 3.08. The normalized spacial score (nSPS) is 12.7. The Morgan fingerprint density at radius 3 is 2.35 bits per heavy atom. The van der Waals surface area contributed by atoms with Crippen molar-refractivity contribution >= 4 is 33.7 Å². The van der Waals surface area contributed by atoms with Crippen LogP contribution in [0.4, 0.5) is 0 Å². The van der Waals surface area contributed by atoms with Crippen LogP contribution in [-0.2, 0) is 0 Å². The van der Waals surface area contributed by atoms with Gasteiger partial charge in [0.2, 0.25) is 0 Å². The molecular formula is C24H21NS. The van der Waals surface area contributed by atoms with Gasteiger partial charge in [0.05, 0.1) is 10.2 Å². The Kier molecular flexibility index (Phi) is 4.68. The quantitative estimate of drug-likeness (QED) is 0.387. The lowest BCUT2D eigenvalue weighted by Crippen LogP contribution is -1.95. The van der Waals surface area contributed by atoms with Crippen molar-refractivity contribution < 1.29 is 0 Å². The number of rotatable bonds is 4. The van der Waals surface area contributed by atoms with Crippen molar-refractivity contribution in [2.75, 3.05) is 0 Å². The first-order chi connectivity index (χ1) is 12.7. The number of fused-ring (bicyclic) bond motifs is 1. The van der Waals surface area contributed by atoms with Crippen molar-refractivity contribution in [2.45, 2.75) is 19.8 Å². The molecule has 4 aromatic rings. The van der Waals surface area contributed by atoms with Crippen molar-refractivity contribution in [3.05, 3.63) is 100 Å². The molecule has 1 atom stereocenters. The summed E-state index contributed by atoms with van der Waals surface area (Å²) in [7, 11) is 0. The molecule has 0 aliphatic rings. The summed E-state index contributed by atoms with van der Waals surface area (Å²) in [4.78, 5) is 4.81. The maximum Gasteiger partial charge on any atom is 0.117 e. The third-order valence-electron chi connectivity index (χ3n) is 4.72. The van der Waals surface area contributed by atoms with E-state index in [4.69, 9.17) is 4.98 Å². The molecule has 0 fully saturated rings. The van der Waals surface area contributed by atoms with Gasteiger partial charge >= 0.3 is 0 Å². The molecule has 0 amide bonds. The number of nitrogens with zero attached hydrogens (tertiary/aromatic N) is 1. The van der Waals surface area contributed by atoms with E-state index in [0.29, 0.717) is 5.92 Å². The highest BCUT2D eigenvalue weighted by atomic mass is 32.1. The average Bonchev–Trinajstić information content (AvgIpc) is 3.09. The molecule has 4 rings (SSSR count). The number of aromatic nitrogens is 1. The lowest BCUT2D eigenvalue weighted by atomic mass is 9.92. The average molecular weight is 356 g/mol. The van der Waals surface area contributed by atoms with Crippen LogP contribution in [0.1, 0.15) is 40.1 Å². The van der Waals surface area contributed by atoms with Gasteiger partial charge in [0.25, 0.3) is 0 Å². The third kappa shape index (κ3) is 3.61. The van der Waals surface area contributed by atoms with Crippen LogP contribution in [0, 0.1) is 6.92 Å². The molecule has 1 heterocycles. The Morgan fingerprint density at radius 2 is 1.58 bits per heavy atom. The van der Waals surface area contributed by atoms with Crippen LogP contribution in [0.5, 0.6) is 0 Å². The molecule has 0 spiro atoms. The monoisotopic (exact) mass is 355 g/mol. The molecule has 1 unspecified atom stereocenters. The van der Waals surface area contributed by atoms with E-state index in [1.807, 2.05) is 6.07 Å². The van der Waals surface area contributed by atoms with Crippen LogP contribution in [0.2, 0.25) is 0 Å². The van der Waals surface area contributed by atoms with Gasteiger partial charge in [-0.15, -0.1) is 11.3 Å². The number of aryl methyl sites for hydroxylation is 1. The molecule has 0 aliphatic heterocycles. The van der Waals surface area contributed by atoms with E-state index in [-0.39, 0.29) is 0 Å². The second kappa shape index (κ2) is 7.27. The Morgan fingerprint density at radius 1 is 0.846 bits per heavy atom. The van der Waals surface area contributed by atoms with E-state index in [9.17, 15) is 0 Å². The summed E-state index contributed by atoms with van der Waals surface area (Å²) < 4.78 is 1.23. The second-order valence-corrected chi connectivity index (χ2v) is 7.72. The molecule has 3 aromatic carbocycles. The highest BCUT2D eigenvalue weighted by molar-refractivity contribution is 7.19. The van der Waals surface area contributed by atoms with Gasteiger partial charge in [0.15, 0.2) is 0 Å². The van der Waals surface area contributed by atoms with Gasteiger partial charge in [0, 0.05) is 5.92 Å². The largest absolute Gasteiger partial charge is 0.237 e. The van der Waals surface area contributed by atoms with E-state index < -0.39 is 0 Å². The smallest absolute Gasteiger partial charge is 0.117 e. The van der Waals surface area contributed by atoms with E-state index >= 15 is 0 Å². The van der Waals surface area contributed by atoms with Gasteiger partial charge in [0.1, 0.15) is 5.01 Å². The van der Waals surface area contributed by atoms with Crippen LogP contribution in [0.15, 0.2) is 72.8 Å². The Bertz CT molecular complexity index is 1040. The zero-order chi connectivity index (χ0) is 17.9. The molecule has 26 heavy (non-hydrogen) atoms. The van der Waals surface area contributed by atoms with Crippen LogP contribution >= 0.6 is 11.3 Å². The van der Waals surface area contributed by atoms with Crippen molar-refractivity contribution in [3.8, 4) is 0 Å². The number of hydrogen-bond donors (Lipinski definition) is 0. The van der Waals surface area contributed by atoms with Gasteiger partial charge in [-0.3, -0.25) is 0 Å². The zero-order valence-electron chi connectivity index (χ0n) is 15.0. The maximum atomic E-state index is 4.81. The van der Waals surface area contributed by atoms with Gasteiger partial charge in [-0.05, 0) is 41.8 Å². The molecule has 1 nitrogen and oxygen atoms in total. The SMILES string of the molecule is Cc1ccc(C(C)c2ccc3sc(C=Cc4ccccc4)nc3c2)cc1. The maximum absolute atomic E-state index is 4.81. The summed E-state index contributed by atoms with van der Waals surface area (Å²) in [6.07, 6.45) is 4.22. The minimum atomic E-state index is 0.366. The fourth-order valence-corrected chi connectivity index (χ4v) is 3.93. The molecule has 0 radical (unpaired) electrons. The minimum Gasteiger partial charge on any atom is -0.237 e. The van der Waals surface area contributed by atoms with Crippen LogP contribution in [0.3, 0.4) is 0 Å². The molecule has 0 bridgehead atoms. The minimum absolute atomic E-state index is 0.366. The standard InChI is InChI=1S/C24H21NS/c1-17-8-11-20(12-9-17)18(2)21-13-14-23-22(16-21)25-24(26-23)15-10-19-6-4-3-5-7-19/h3-16,18H,1-2H3. The molecule has 0 aliphatic carbocycles. The van der Waals surface area contributed by atoms with E-state index in [1.54, 1.807) is 11.3 Å². The highest BCUT2D eigenvalue weighted by Gasteiger charge is 2.10. The van der Waals surface area contributed by atoms with Gasteiger partial charge in [-0.2, -0.15) is 0 Å². The predicted molar refractivity (Wildman–Crippen MR) is 114 cm³/mol.